The second kappa shape index (κ2) is 14.0. The molecule has 3 atom stereocenters. The molecular formula is C32H43FN5O4P. The molecule has 9 nitrogen and oxygen atoms in total. The van der Waals surface area contributed by atoms with Crippen LogP contribution in [0.15, 0.2) is 57.8 Å². The lowest BCUT2D eigenvalue weighted by molar-refractivity contribution is -0.104. The zero-order valence-corrected chi connectivity index (χ0v) is 26.9. The molecule has 232 valence electrons. The Bertz CT molecular complexity index is 1380. The van der Waals surface area contributed by atoms with E-state index in [-0.39, 0.29) is 18.4 Å². The smallest absolute Gasteiger partial charge is 0.324 e. The number of ether oxygens (including phenoxy) is 1. The minimum atomic E-state index is -1.61. The Morgan fingerprint density at radius 3 is 2.53 bits per heavy atom. The van der Waals surface area contributed by atoms with Gasteiger partial charge >= 0.3 is 6.01 Å². The first-order valence-corrected chi connectivity index (χ1v) is 15.4. The number of halogens is 1. The van der Waals surface area contributed by atoms with Gasteiger partial charge in [-0.05, 0) is 61.7 Å². The third kappa shape index (κ3) is 7.65. The molecule has 1 aromatic carbocycles. The van der Waals surface area contributed by atoms with Gasteiger partial charge in [-0.2, -0.15) is 9.89 Å². The van der Waals surface area contributed by atoms with Crippen LogP contribution in [0.2, 0.25) is 0 Å². The average molecular weight is 612 g/mol. The molecule has 3 aliphatic rings. The van der Waals surface area contributed by atoms with Crippen LogP contribution in [0.5, 0.6) is 5.75 Å². The second-order valence-corrected chi connectivity index (χ2v) is 12.9. The number of hydrogen-bond acceptors (Lipinski definition) is 9. The van der Waals surface area contributed by atoms with E-state index in [4.69, 9.17) is 9.26 Å². The quantitative estimate of drug-likeness (QED) is 0.119. The number of benzene rings is 1. The molecule has 0 N–H and O–H groups in total. The minimum absolute atomic E-state index is 0.0694. The Morgan fingerprint density at radius 2 is 1.98 bits per heavy atom. The molecule has 2 aromatic rings. The Labute approximate surface area is 255 Å². The van der Waals surface area contributed by atoms with Gasteiger partial charge in [-0.25, -0.2) is 4.39 Å². The third-order valence-electron chi connectivity index (χ3n) is 8.27. The monoisotopic (exact) mass is 611 g/mol. The lowest BCUT2D eigenvalue weighted by atomic mass is 9.80. The maximum absolute atomic E-state index is 16.2. The Hall–Kier alpha value is -3.23. The van der Waals surface area contributed by atoms with Crippen LogP contribution in [0.4, 0.5) is 10.4 Å². The molecule has 1 spiro atoms. The van der Waals surface area contributed by atoms with E-state index < -0.39 is 11.0 Å². The van der Waals surface area contributed by atoms with Gasteiger partial charge in [0.25, 0.3) is 0 Å². The van der Waals surface area contributed by atoms with E-state index in [1.807, 2.05) is 69.1 Å². The molecule has 0 radical (unpaired) electrons. The van der Waals surface area contributed by atoms with Gasteiger partial charge in [-0.15, -0.1) is 0 Å². The van der Waals surface area contributed by atoms with Gasteiger partial charge in [0.1, 0.15) is 23.7 Å². The maximum atomic E-state index is 16.2. The van der Waals surface area contributed by atoms with Gasteiger partial charge in [-0.1, -0.05) is 63.8 Å². The SMILES string of the molecule is CN1CCC(N=O)C1.C\C=C/C(=C\C=C(/C)C=O)c1ccc2c(c1)CC(F)(P)C1(CCN(c3nc(C(C)C)no3)CC1)O2. The largest absolute Gasteiger partial charge is 0.483 e. The topological polar surface area (TPSA) is 101 Å². The minimum Gasteiger partial charge on any atom is -0.483 e. The van der Waals surface area contributed by atoms with Gasteiger partial charge in [0, 0.05) is 51.4 Å². The van der Waals surface area contributed by atoms with Crippen LogP contribution in [-0.4, -0.2) is 71.6 Å². The van der Waals surface area contributed by atoms with E-state index in [9.17, 15) is 9.70 Å². The number of likely N-dealkylation sites (N-methyl/N-ethyl adjacent to an activating group) is 1. The summed E-state index contributed by atoms with van der Waals surface area (Å²) in [5, 5.41) is 5.39. The molecule has 0 saturated carbocycles. The van der Waals surface area contributed by atoms with Crippen molar-refractivity contribution in [3.8, 4) is 5.75 Å². The van der Waals surface area contributed by atoms with Crippen molar-refractivity contribution < 1.29 is 18.4 Å². The molecular weight excluding hydrogens is 568 g/mol. The van der Waals surface area contributed by atoms with Gasteiger partial charge in [0.2, 0.25) is 0 Å². The van der Waals surface area contributed by atoms with Crippen molar-refractivity contribution in [1.29, 1.82) is 0 Å². The summed E-state index contributed by atoms with van der Waals surface area (Å²) < 4.78 is 28.1. The van der Waals surface area contributed by atoms with Crippen molar-refractivity contribution in [2.75, 3.05) is 38.1 Å². The zero-order valence-electron chi connectivity index (χ0n) is 25.8. The first-order chi connectivity index (χ1) is 20.5. The van der Waals surface area contributed by atoms with Gasteiger partial charge < -0.3 is 19.1 Å². The van der Waals surface area contributed by atoms with Gasteiger partial charge in [-0.3, -0.25) is 4.79 Å². The molecule has 2 saturated heterocycles. The Kier molecular flexibility index (Phi) is 10.7. The highest BCUT2D eigenvalue weighted by atomic mass is 31.0. The first-order valence-electron chi connectivity index (χ1n) is 14.9. The summed E-state index contributed by atoms with van der Waals surface area (Å²) in [4.78, 5) is 29.4. The molecule has 3 unspecified atom stereocenters. The van der Waals surface area contributed by atoms with Crippen molar-refractivity contribution in [1.82, 2.24) is 15.0 Å². The zero-order chi connectivity index (χ0) is 31.2. The summed E-state index contributed by atoms with van der Waals surface area (Å²) in [6.07, 6.45) is 10.6. The number of allylic oxidation sites excluding steroid dienone is 6. The predicted octanol–water partition coefficient (Wildman–Crippen LogP) is 6.27. The number of hydrogen-bond donors (Lipinski definition) is 0. The van der Waals surface area contributed by atoms with Gasteiger partial charge in [0.15, 0.2) is 11.2 Å². The van der Waals surface area contributed by atoms with E-state index >= 15 is 4.39 Å². The number of nitroso groups, excluding NO2 is 1. The fraction of sp³-hybridized carbons (Fsp3) is 0.531. The summed E-state index contributed by atoms with van der Waals surface area (Å²) in [6, 6.07) is 6.45. The molecule has 0 amide bonds. The molecule has 4 heterocycles. The lowest BCUT2D eigenvalue weighted by Crippen LogP contribution is -2.60. The average Bonchev–Trinajstić information content (AvgIpc) is 3.66. The second-order valence-electron chi connectivity index (χ2n) is 12.0. The van der Waals surface area contributed by atoms with E-state index in [0.717, 1.165) is 48.2 Å². The standard InChI is InChI=1S/C27H33FN3O3P.C5H10N2O/c1-5-6-20(8-7-19(4)17-32)21-9-10-23-22(15-21)16-27(28,35)26(33-23)11-13-31(14-12-26)25-29-24(18(2)3)30-34-25;1-7-3-2-5(4-7)6-8/h5-10,15,17-18H,11-14,16,35H2,1-4H3;5H,2-4H2,1H3/b6-5-,19-7+,20-8+;. The summed E-state index contributed by atoms with van der Waals surface area (Å²) in [6.45, 7) is 10.8. The first kappa shape index (κ1) is 32.7. The highest BCUT2D eigenvalue weighted by Gasteiger charge is 2.56. The maximum Gasteiger partial charge on any atom is 0.324 e. The van der Waals surface area contributed by atoms with Crippen LogP contribution < -0.4 is 9.64 Å². The number of carbonyl (C=O) groups excluding carboxylic acids is 1. The van der Waals surface area contributed by atoms with Crippen molar-refractivity contribution in [2.24, 2.45) is 5.18 Å². The van der Waals surface area contributed by atoms with Crippen molar-refractivity contribution >= 4 is 27.1 Å². The summed E-state index contributed by atoms with van der Waals surface area (Å²) in [5.74, 6) is 1.58. The highest BCUT2D eigenvalue weighted by molar-refractivity contribution is 7.18. The number of alkyl halides is 1. The summed E-state index contributed by atoms with van der Waals surface area (Å²) in [5.41, 5.74) is 2.42. The number of likely N-dealkylation sites (tertiary alicyclic amines) is 1. The predicted molar refractivity (Wildman–Crippen MR) is 171 cm³/mol. The van der Waals surface area contributed by atoms with E-state index in [0.29, 0.717) is 43.3 Å². The van der Waals surface area contributed by atoms with Crippen molar-refractivity contribution in [3.05, 3.63) is 69.9 Å². The van der Waals surface area contributed by atoms with E-state index in [2.05, 4.69) is 29.5 Å². The summed E-state index contributed by atoms with van der Waals surface area (Å²) >= 11 is 0. The van der Waals surface area contributed by atoms with Crippen molar-refractivity contribution in [2.45, 2.75) is 76.3 Å². The number of carbonyl (C=O) groups is 1. The number of fused-ring (bicyclic) bond motifs is 1. The number of aromatic nitrogens is 2. The third-order valence-corrected chi connectivity index (χ3v) is 9.00. The highest BCUT2D eigenvalue weighted by Crippen LogP contribution is 2.51. The number of nitrogens with zero attached hydrogens (tertiary/aromatic N) is 5. The van der Waals surface area contributed by atoms with E-state index in [1.54, 1.807) is 13.0 Å². The van der Waals surface area contributed by atoms with Crippen LogP contribution in [-0.2, 0) is 11.2 Å². The summed E-state index contributed by atoms with van der Waals surface area (Å²) in [7, 11) is 4.43. The Balaban J connectivity index is 0.000000458. The van der Waals surface area contributed by atoms with Gasteiger partial charge in [0.05, 0.1) is 0 Å². The molecule has 0 bridgehead atoms. The fourth-order valence-corrected chi connectivity index (χ4v) is 6.15. The Morgan fingerprint density at radius 1 is 1.23 bits per heavy atom. The lowest BCUT2D eigenvalue weighted by Gasteiger charge is -2.50. The van der Waals surface area contributed by atoms with Crippen LogP contribution >= 0.6 is 9.24 Å². The molecule has 3 aliphatic heterocycles. The molecule has 2 fully saturated rings. The normalized spacial score (nSPS) is 24.1. The number of rotatable bonds is 7. The van der Waals surface area contributed by atoms with Crippen LogP contribution in [0.25, 0.3) is 5.57 Å². The van der Waals surface area contributed by atoms with Crippen LogP contribution in [0, 0.1) is 4.91 Å². The van der Waals surface area contributed by atoms with E-state index in [1.165, 1.54) is 0 Å². The molecule has 11 heteroatoms. The van der Waals surface area contributed by atoms with Crippen LogP contribution in [0.1, 0.15) is 69.8 Å². The number of aldehydes is 1. The number of piperidine rings is 1. The number of anilines is 1. The molecule has 5 rings (SSSR count). The fourth-order valence-electron chi connectivity index (χ4n) is 5.58. The molecule has 1 aromatic heterocycles. The van der Waals surface area contributed by atoms with Crippen LogP contribution in [0.3, 0.4) is 0 Å². The molecule has 0 aliphatic carbocycles. The molecule has 43 heavy (non-hydrogen) atoms. The van der Waals surface area contributed by atoms with Crippen molar-refractivity contribution in [3.63, 3.8) is 0 Å².